The number of fused-ring (bicyclic) bond motifs is 2. The van der Waals surface area contributed by atoms with Gasteiger partial charge in [-0.1, -0.05) is 6.92 Å². The van der Waals surface area contributed by atoms with Gasteiger partial charge in [-0.05, 0) is 49.9 Å². The molecule has 4 heterocycles. The maximum absolute atomic E-state index is 13.1. The maximum atomic E-state index is 13.1. The number of aromatic nitrogens is 4. The fourth-order valence-corrected chi connectivity index (χ4v) is 4.34. The van der Waals surface area contributed by atoms with E-state index in [2.05, 4.69) is 45.9 Å². The van der Waals surface area contributed by atoms with Gasteiger partial charge in [0.05, 0.1) is 11.4 Å². The van der Waals surface area contributed by atoms with Gasteiger partial charge in [-0.3, -0.25) is 9.20 Å². The van der Waals surface area contributed by atoms with Gasteiger partial charge < -0.3 is 9.80 Å². The topological polar surface area (TPSA) is 66.6 Å². The Morgan fingerprint density at radius 3 is 2.87 bits per heavy atom. The lowest BCUT2D eigenvalue weighted by Gasteiger charge is -2.23. The van der Waals surface area contributed by atoms with Crippen LogP contribution in [0.3, 0.4) is 0 Å². The molecular weight excluding hydrogens is 376 g/mol. The lowest BCUT2D eigenvalue weighted by molar-refractivity contribution is -0.114. The third kappa shape index (κ3) is 3.50. The molecule has 1 atom stereocenters. The molecule has 3 aromatic rings. The summed E-state index contributed by atoms with van der Waals surface area (Å²) in [5.74, 6) is 1.77. The van der Waals surface area contributed by atoms with Crippen molar-refractivity contribution >= 4 is 29.0 Å². The van der Waals surface area contributed by atoms with Crippen LogP contribution in [-0.2, 0) is 4.79 Å². The van der Waals surface area contributed by atoms with E-state index in [1.807, 2.05) is 28.9 Å². The minimum Gasteiger partial charge on any atom is -0.355 e. The average Bonchev–Trinajstić information content (AvgIpc) is 2.99. The monoisotopic (exact) mass is 402 g/mol. The molecule has 0 radical (unpaired) electrons. The van der Waals surface area contributed by atoms with E-state index in [9.17, 15) is 4.79 Å². The zero-order valence-electron chi connectivity index (χ0n) is 17.5. The van der Waals surface area contributed by atoms with Gasteiger partial charge in [-0.2, -0.15) is 0 Å². The molecule has 1 unspecified atom stereocenters. The SMILES string of the molecule is CC1CC(=O)C(c2cn3cccnc3n2)=Cc2ccc(N3CCCN(C)CC3)nc21. The molecule has 0 saturated carbocycles. The first-order chi connectivity index (χ1) is 14.6. The summed E-state index contributed by atoms with van der Waals surface area (Å²) in [5, 5.41) is 0. The number of ketones is 1. The van der Waals surface area contributed by atoms with Crippen molar-refractivity contribution in [1.82, 2.24) is 24.3 Å². The second-order valence-electron chi connectivity index (χ2n) is 8.33. The van der Waals surface area contributed by atoms with E-state index < -0.39 is 0 Å². The van der Waals surface area contributed by atoms with E-state index in [1.54, 1.807) is 6.20 Å². The van der Waals surface area contributed by atoms with Crippen molar-refractivity contribution in [2.45, 2.75) is 25.7 Å². The summed E-state index contributed by atoms with van der Waals surface area (Å²) >= 11 is 0. The lowest BCUT2D eigenvalue weighted by Crippen LogP contribution is -2.29. The molecule has 5 rings (SSSR count). The van der Waals surface area contributed by atoms with Gasteiger partial charge in [0.2, 0.25) is 5.78 Å². The van der Waals surface area contributed by atoms with Crippen LogP contribution in [-0.4, -0.2) is 63.3 Å². The van der Waals surface area contributed by atoms with Crippen LogP contribution in [0.2, 0.25) is 0 Å². The number of hydrogen-bond acceptors (Lipinski definition) is 6. The highest BCUT2D eigenvalue weighted by atomic mass is 16.1. The van der Waals surface area contributed by atoms with Crippen molar-refractivity contribution in [3.05, 3.63) is 53.7 Å². The Morgan fingerprint density at radius 1 is 1.10 bits per heavy atom. The van der Waals surface area contributed by atoms with Crippen LogP contribution >= 0.6 is 0 Å². The minimum atomic E-state index is 0.0611. The van der Waals surface area contributed by atoms with Crippen LogP contribution in [0.25, 0.3) is 17.4 Å². The van der Waals surface area contributed by atoms with Gasteiger partial charge in [-0.25, -0.2) is 15.0 Å². The van der Waals surface area contributed by atoms with Gasteiger partial charge in [0.1, 0.15) is 5.82 Å². The first-order valence-electron chi connectivity index (χ1n) is 10.6. The number of hydrogen-bond donors (Lipinski definition) is 0. The Balaban J connectivity index is 1.52. The number of imidazole rings is 1. The Hall–Kier alpha value is -3.06. The zero-order valence-corrected chi connectivity index (χ0v) is 17.5. The second-order valence-corrected chi connectivity index (χ2v) is 8.33. The first kappa shape index (κ1) is 18.9. The van der Waals surface area contributed by atoms with E-state index >= 15 is 0 Å². The van der Waals surface area contributed by atoms with Crippen molar-refractivity contribution in [2.24, 2.45) is 0 Å². The van der Waals surface area contributed by atoms with Crippen LogP contribution in [0.5, 0.6) is 0 Å². The third-order valence-electron chi connectivity index (χ3n) is 6.06. The standard InChI is InChI=1S/C23H26N6O/c1-16-13-20(30)18(19-15-29-9-3-7-24-23(29)25-19)14-17-5-6-21(26-22(16)17)28-10-4-8-27(2)11-12-28/h3,5-7,9,14-16H,4,8,10-13H2,1-2H3. The van der Waals surface area contributed by atoms with Crippen LogP contribution in [0.4, 0.5) is 5.82 Å². The third-order valence-corrected chi connectivity index (χ3v) is 6.06. The Bertz CT molecular complexity index is 1100. The number of carbonyl (C=O) groups is 1. The van der Waals surface area contributed by atoms with Gasteiger partial charge in [0.25, 0.3) is 0 Å². The van der Waals surface area contributed by atoms with Crippen molar-refractivity contribution in [3.8, 4) is 0 Å². The summed E-state index contributed by atoms with van der Waals surface area (Å²) in [5.41, 5.74) is 3.30. The van der Waals surface area contributed by atoms with Gasteiger partial charge in [-0.15, -0.1) is 0 Å². The van der Waals surface area contributed by atoms with Crippen molar-refractivity contribution in [3.63, 3.8) is 0 Å². The Morgan fingerprint density at radius 2 is 2.00 bits per heavy atom. The molecule has 1 saturated heterocycles. The van der Waals surface area contributed by atoms with Crippen LogP contribution in [0, 0.1) is 0 Å². The van der Waals surface area contributed by atoms with Gasteiger partial charge >= 0.3 is 0 Å². The molecule has 3 aromatic heterocycles. The van der Waals surface area contributed by atoms with Gasteiger partial charge in [0.15, 0.2) is 5.78 Å². The number of rotatable bonds is 2. The largest absolute Gasteiger partial charge is 0.355 e. The number of allylic oxidation sites excluding steroid dienone is 1. The Labute approximate surface area is 176 Å². The summed E-state index contributed by atoms with van der Waals surface area (Å²) in [4.78, 5) is 31.6. The highest BCUT2D eigenvalue weighted by Gasteiger charge is 2.26. The fourth-order valence-electron chi connectivity index (χ4n) is 4.34. The van der Waals surface area contributed by atoms with E-state index in [0.29, 0.717) is 23.5 Å². The molecule has 0 spiro atoms. The molecule has 0 N–H and O–H groups in total. The molecule has 7 heteroatoms. The lowest BCUT2D eigenvalue weighted by atomic mass is 9.98. The second kappa shape index (κ2) is 7.65. The number of likely N-dealkylation sites (N-methyl/N-ethyl adjacent to an activating group) is 1. The van der Waals surface area contributed by atoms with E-state index in [-0.39, 0.29) is 11.7 Å². The molecular formula is C23H26N6O. The summed E-state index contributed by atoms with van der Waals surface area (Å²) in [7, 11) is 2.17. The molecule has 0 bridgehead atoms. The van der Waals surface area contributed by atoms with Crippen LogP contribution in [0.15, 0.2) is 36.8 Å². The predicted octanol–water partition coefficient (Wildman–Crippen LogP) is 2.88. The van der Waals surface area contributed by atoms with E-state index in [1.165, 1.54) is 0 Å². The molecule has 0 aromatic carbocycles. The number of pyridine rings is 1. The summed E-state index contributed by atoms with van der Waals surface area (Å²) in [6.07, 6.45) is 8.99. The molecule has 154 valence electrons. The number of carbonyl (C=O) groups excluding carboxylic acids is 1. The van der Waals surface area contributed by atoms with Crippen LogP contribution < -0.4 is 4.90 Å². The first-order valence-corrected chi connectivity index (χ1v) is 10.6. The number of nitrogens with zero attached hydrogens (tertiary/aromatic N) is 6. The van der Waals surface area contributed by atoms with Gasteiger partial charge in [0, 0.05) is 56.1 Å². The number of anilines is 1. The smallest absolute Gasteiger partial charge is 0.234 e. The quantitative estimate of drug-likeness (QED) is 0.657. The number of Topliss-reactive ketones (excluding diaryl/α,β-unsaturated/α-hetero) is 1. The summed E-state index contributed by atoms with van der Waals surface area (Å²) in [6, 6.07) is 6.05. The fraction of sp³-hybridized carbons (Fsp3) is 0.391. The molecule has 1 aliphatic carbocycles. The van der Waals surface area contributed by atoms with Crippen molar-refractivity contribution in [2.75, 3.05) is 38.1 Å². The molecule has 1 aliphatic heterocycles. The molecule has 2 aliphatic rings. The molecule has 0 amide bonds. The summed E-state index contributed by atoms with van der Waals surface area (Å²) in [6.45, 7) is 6.24. The molecule has 7 nitrogen and oxygen atoms in total. The highest BCUT2D eigenvalue weighted by molar-refractivity contribution is 6.25. The van der Waals surface area contributed by atoms with E-state index in [4.69, 9.17) is 4.98 Å². The molecule has 30 heavy (non-hydrogen) atoms. The Kier molecular flexibility index (Phi) is 4.83. The zero-order chi connectivity index (χ0) is 20.7. The normalized spacial score (nSPS) is 20.6. The van der Waals surface area contributed by atoms with Crippen LogP contribution in [0.1, 0.15) is 42.6 Å². The van der Waals surface area contributed by atoms with Crippen molar-refractivity contribution in [1.29, 1.82) is 0 Å². The highest BCUT2D eigenvalue weighted by Crippen LogP contribution is 2.33. The van der Waals surface area contributed by atoms with Crippen molar-refractivity contribution < 1.29 is 4.79 Å². The summed E-state index contributed by atoms with van der Waals surface area (Å²) < 4.78 is 1.84. The average molecular weight is 403 g/mol. The predicted molar refractivity (Wildman–Crippen MR) is 117 cm³/mol. The minimum absolute atomic E-state index is 0.0611. The maximum Gasteiger partial charge on any atom is 0.234 e. The van der Waals surface area contributed by atoms with E-state index in [0.717, 1.165) is 49.7 Å². The molecule has 1 fully saturated rings.